The molecule has 1 unspecified atom stereocenters. The zero-order valence-corrected chi connectivity index (χ0v) is 11.6. The third-order valence-electron chi connectivity index (χ3n) is 3.46. The Morgan fingerprint density at radius 2 is 2.21 bits per heavy atom. The Morgan fingerprint density at radius 3 is 2.79 bits per heavy atom. The third-order valence-corrected chi connectivity index (χ3v) is 4.51. The molecule has 4 nitrogen and oxygen atoms in total. The zero-order valence-electron chi connectivity index (χ0n) is 10.8. The Labute approximate surface area is 116 Å². The summed E-state index contributed by atoms with van der Waals surface area (Å²) in [4.78, 5) is 23.8. The predicted octanol–water partition coefficient (Wildman–Crippen LogP) is 2.76. The topological polar surface area (TPSA) is 66.4 Å². The third kappa shape index (κ3) is 3.67. The highest BCUT2D eigenvalue weighted by Gasteiger charge is 2.25. The minimum atomic E-state index is -0.988. The van der Waals surface area contributed by atoms with Crippen LogP contribution in [-0.4, -0.2) is 23.0 Å². The van der Waals surface area contributed by atoms with E-state index in [1.54, 1.807) is 12.1 Å². The first-order valence-corrected chi connectivity index (χ1v) is 7.19. The number of carbonyl (C=O) groups excluding carboxylic acids is 1. The molecule has 19 heavy (non-hydrogen) atoms. The zero-order chi connectivity index (χ0) is 13.8. The van der Waals surface area contributed by atoms with Crippen LogP contribution in [0.2, 0.25) is 0 Å². The number of carbonyl (C=O) groups is 2. The number of aliphatic carboxylic acids is 1. The van der Waals surface area contributed by atoms with Gasteiger partial charge in [0.15, 0.2) is 0 Å². The number of hydrogen-bond donors (Lipinski definition) is 2. The van der Waals surface area contributed by atoms with Crippen LogP contribution >= 0.6 is 11.3 Å². The first-order chi connectivity index (χ1) is 9.06. The molecule has 0 aromatic carbocycles. The summed E-state index contributed by atoms with van der Waals surface area (Å²) in [6, 6.07) is 3.70. The summed E-state index contributed by atoms with van der Waals surface area (Å²) in [5, 5.41) is 11.6. The molecule has 0 bridgehead atoms. The Bertz CT molecular complexity index is 503. The van der Waals surface area contributed by atoms with E-state index in [1.807, 2.05) is 6.92 Å². The van der Waals surface area contributed by atoms with E-state index in [4.69, 9.17) is 5.11 Å². The van der Waals surface area contributed by atoms with Crippen LogP contribution < -0.4 is 5.32 Å². The van der Waals surface area contributed by atoms with Gasteiger partial charge in [-0.1, -0.05) is 6.42 Å². The monoisotopic (exact) mass is 279 g/mol. The summed E-state index contributed by atoms with van der Waals surface area (Å²) < 4.78 is 0. The molecule has 102 valence electrons. The number of carboxylic acid groups (broad SMARTS) is 1. The van der Waals surface area contributed by atoms with E-state index in [0.29, 0.717) is 10.8 Å². The Balaban J connectivity index is 1.93. The lowest BCUT2D eigenvalue weighted by atomic mass is 9.80. The van der Waals surface area contributed by atoms with Gasteiger partial charge in [-0.15, -0.1) is 11.3 Å². The minimum Gasteiger partial charge on any atom is -0.478 e. The average Bonchev–Trinajstić information content (AvgIpc) is 2.72. The maximum atomic E-state index is 12.0. The molecule has 1 amide bonds. The number of hydrogen-bond acceptors (Lipinski definition) is 3. The highest BCUT2D eigenvalue weighted by molar-refractivity contribution is 7.14. The van der Waals surface area contributed by atoms with Gasteiger partial charge < -0.3 is 10.4 Å². The number of nitrogens with one attached hydrogen (secondary N) is 1. The van der Waals surface area contributed by atoms with Gasteiger partial charge in [0.25, 0.3) is 5.91 Å². The lowest BCUT2D eigenvalue weighted by Gasteiger charge is -2.31. The molecular formula is C14H17NO3S. The lowest BCUT2D eigenvalue weighted by molar-refractivity contribution is -0.131. The standard InChI is InChI=1S/C14H17NO3S/c1-9(10-3-2-4-10)15-14(18)12-7-5-11(19-12)6-8-13(16)17/h5-10H,2-4H2,1H3,(H,15,18)(H,16,17)/b8-6+. The molecule has 2 N–H and O–H groups in total. The fourth-order valence-electron chi connectivity index (χ4n) is 2.05. The second-order valence-electron chi connectivity index (χ2n) is 4.83. The molecule has 0 aliphatic heterocycles. The molecule has 1 atom stereocenters. The van der Waals surface area contributed by atoms with E-state index < -0.39 is 5.97 Å². The van der Waals surface area contributed by atoms with Crippen molar-refractivity contribution in [3.8, 4) is 0 Å². The van der Waals surface area contributed by atoms with E-state index in [2.05, 4.69) is 5.32 Å². The van der Waals surface area contributed by atoms with E-state index in [0.717, 1.165) is 11.0 Å². The molecule has 0 spiro atoms. The lowest BCUT2D eigenvalue weighted by Crippen LogP contribution is -2.40. The summed E-state index contributed by atoms with van der Waals surface area (Å²) >= 11 is 1.30. The van der Waals surface area contributed by atoms with Gasteiger partial charge in [0.2, 0.25) is 0 Å². The number of thiophene rings is 1. The maximum Gasteiger partial charge on any atom is 0.328 e. The van der Waals surface area contributed by atoms with Crippen molar-refractivity contribution < 1.29 is 14.7 Å². The average molecular weight is 279 g/mol. The van der Waals surface area contributed by atoms with Gasteiger partial charge in [-0.2, -0.15) is 0 Å². The fourth-order valence-corrected chi connectivity index (χ4v) is 2.87. The van der Waals surface area contributed by atoms with Crippen molar-refractivity contribution in [1.29, 1.82) is 0 Å². The smallest absolute Gasteiger partial charge is 0.328 e. The Kier molecular flexibility index (Phi) is 4.37. The maximum absolute atomic E-state index is 12.0. The van der Waals surface area contributed by atoms with Crippen LogP contribution in [-0.2, 0) is 4.79 Å². The number of carboxylic acids is 1. The van der Waals surface area contributed by atoms with Gasteiger partial charge in [0.1, 0.15) is 0 Å². The summed E-state index contributed by atoms with van der Waals surface area (Å²) in [5.41, 5.74) is 0. The van der Waals surface area contributed by atoms with Gasteiger partial charge in [-0.25, -0.2) is 4.79 Å². The minimum absolute atomic E-state index is 0.0700. The summed E-state index contributed by atoms with van der Waals surface area (Å²) in [6.07, 6.45) is 6.22. The molecular weight excluding hydrogens is 262 g/mol. The van der Waals surface area contributed by atoms with Crippen molar-refractivity contribution in [2.75, 3.05) is 0 Å². The molecule has 1 heterocycles. The molecule has 1 aromatic rings. The van der Waals surface area contributed by atoms with Crippen LogP contribution in [0.5, 0.6) is 0 Å². The molecule has 1 saturated carbocycles. The first kappa shape index (κ1) is 13.8. The summed E-state index contributed by atoms with van der Waals surface area (Å²) in [7, 11) is 0. The van der Waals surface area contributed by atoms with Crippen molar-refractivity contribution in [3.63, 3.8) is 0 Å². The normalized spacial score (nSPS) is 17.1. The first-order valence-electron chi connectivity index (χ1n) is 6.38. The van der Waals surface area contributed by atoms with E-state index >= 15 is 0 Å². The van der Waals surface area contributed by atoms with E-state index in [-0.39, 0.29) is 11.9 Å². The molecule has 0 radical (unpaired) electrons. The van der Waals surface area contributed by atoms with Crippen LogP contribution in [0.3, 0.4) is 0 Å². The Hall–Kier alpha value is -1.62. The van der Waals surface area contributed by atoms with Gasteiger partial charge in [-0.3, -0.25) is 4.79 Å². The quantitative estimate of drug-likeness (QED) is 0.814. The van der Waals surface area contributed by atoms with Crippen molar-refractivity contribution in [2.45, 2.75) is 32.2 Å². The van der Waals surface area contributed by atoms with E-state index in [1.165, 1.54) is 36.7 Å². The molecule has 5 heteroatoms. The summed E-state index contributed by atoms with van der Waals surface area (Å²) in [5.74, 6) is -0.451. The molecule has 0 saturated heterocycles. The van der Waals surface area contributed by atoms with Gasteiger partial charge >= 0.3 is 5.97 Å². The number of amides is 1. The van der Waals surface area contributed by atoms with Crippen molar-refractivity contribution in [1.82, 2.24) is 5.32 Å². The fraction of sp³-hybridized carbons (Fsp3) is 0.429. The summed E-state index contributed by atoms with van der Waals surface area (Å²) in [6.45, 7) is 2.04. The van der Waals surface area contributed by atoms with Crippen LogP contribution in [0.4, 0.5) is 0 Å². The second-order valence-corrected chi connectivity index (χ2v) is 5.94. The molecule has 2 rings (SSSR count). The SMILES string of the molecule is CC(NC(=O)c1ccc(/C=C/C(=O)O)s1)C1CCC1. The highest BCUT2D eigenvalue weighted by atomic mass is 32.1. The van der Waals surface area contributed by atoms with Gasteiger partial charge in [0.05, 0.1) is 4.88 Å². The largest absolute Gasteiger partial charge is 0.478 e. The predicted molar refractivity (Wildman–Crippen MR) is 75.3 cm³/mol. The molecule has 1 aromatic heterocycles. The number of rotatable bonds is 5. The van der Waals surface area contributed by atoms with Crippen molar-refractivity contribution in [3.05, 3.63) is 28.0 Å². The van der Waals surface area contributed by atoms with Crippen LogP contribution in [0.25, 0.3) is 6.08 Å². The van der Waals surface area contributed by atoms with Crippen molar-refractivity contribution >= 4 is 29.3 Å². The highest BCUT2D eigenvalue weighted by Crippen LogP contribution is 2.29. The molecule has 1 aliphatic carbocycles. The van der Waals surface area contributed by atoms with Gasteiger partial charge in [-0.05, 0) is 43.9 Å². The Morgan fingerprint density at radius 1 is 1.47 bits per heavy atom. The van der Waals surface area contributed by atoms with E-state index in [9.17, 15) is 9.59 Å². The van der Waals surface area contributed by atoms with Crippen LogP contribution in [0, 0.1) is 5.92 Å². The second kappa shape index (κ2) is 6.02. The molecule has 1 aliphatic rings. The van der Waals surface area contributed by atoms with Crippen LogP contribution in [0.15, 0.2) is 18.2 Å². The van der Waals surface area contributed by atoms with Crippen molar-refractivity contribution in [2.24, 2.45) is 5.92 Å². The van der Waals surface area contributed by atoms with Crippen LogP contribution in [0.1, 0.15) is 40.7 Å². The molecule has 1 fully saturated rings. The van der Waals surface area contributed by atoms with Gasteiger partial charge in [0, 0.05) is 17.0 Å².